The fourth-order valence-electron chi connectivity index (χ4n) is 2.23. The van der Waals surface area contributed by atoms with Crippen molar-refractivity contribution in [3.05, 3.63) is 72.6 Å². The Labute approximate surface area is 172 Å². The van der Waals surface area contributed by atoms with E-state index in [9.17, 15) is 18.8 Å². The molecule has 0 saturated carbocycles. The first-order valence-corrected chi connectivity index (χ1v) is 9.76. The van der Waals surface area contributed by atoms with Gasteiger partial charge in [0.2, 0.25) is 5.91 Å². The van der Waals surface area contributed by atoms with E-state index in [4.69, 9.17) is 4.74 Å². The zero-order valence-corrected chi connectivity index (χ0v) is 16.6. The second-order valence-electron chi connectivity index (χ2n) is 5.92. The number of carbonyl (C=O) groups is 3. The van der Waals surface area contributed by atoms with Crippen LogP contribution in [0.1, 0.15) is 17.3 Å². The summed E-state index contributed by atoms with van der Waals surface area (Å²) in [6.07, 6.45) is 0.553. The van der Waals surface area contributed by atoms with Crippen molar-refractivity contribution < 1.29 is 23.5 Å². The fraction of sp³-hybridized carbons (Fsp3) is 0.190. The molecule has 0 bridgehead atoms. The van der Waals surface area contributed by atoms with Gasteiger partial charge in [-0.15, -0.1) is 18.3 Å². The summed E-state index contributed by atoms with van der Waals surface area (Å²) >= 11 is 1.15. The minimum atomic E-state index is -0.970. The number of halogens is 1. The van der Waals surface area contributed by atoms with Crippen molar-refractivity contribution in [2.45, 2.75) is 17.9 Å². The molecule has 0 aromatic heterocycles. The summed E-state index contributed by atoms with van der Waals surface area (Å²) in [7, 11) is 0. The number of ether oxygens (including phenoxy) is 1. The molecule has 0 aliphatic heterocycles. The zero-order valence-electron chi connectivity index (χ0n) is 15.8. The molecular weight excluding hydrogens is 395 g/mol. The van der Waals surface area contributed by atoms with Crippen molar-refractivity contribution in [3.63, 3.8) is 0 Å². The molecular formula is C21H21FN2O4S. The maximum atomic E-state index is 12.9. The van der Waals surface area contributed by atoms with Gasteiger partial charge in [0, 0.05) is 17.1 Å². The predicted octanol–water partition coefficient (Wildman–Crippen LogP) is 3.40. The Morgan fingerprint density at radius 3 is 2.55 bits per heavy atom. The lowest BCUT2D eigenvalue weighted by molar-refractivity contribution is -0.128. The molecule has 0 saturated heterocycles. The Kier molecular flexibility index (Phi) is 8.42. The lowest BCUT2D eigenvalue weighted by atomic mass is 10.2. The van der Waals surface area contributed by atoms with Gasteiger partial charge in [-0.1, -0.05) is 18.2 Å². The van der Waals surface area contributed by atoms with E-state index in [0.717, 1.165) is 11.8 Å². The van der Waals surface area contributed by atoms with Crippen LogP contribution in [-0.4, -0.2) is 36.2 Å². The molecule has 0 aliphatic rings. The molecule has 2 amide bonds. The molecule has 8 heteroatoms. The predicted molar refractivity (Wildman–Crippen MR) is 110 cm³/mol. The highest BCUT2D eigenvalue weighted by atomic mass is 32.2. The monoisotopic (exact) mass is 416 g/mol. The van der Waals surface area contributed by atoms with Gasteiger partial charge in [0.25, 0.3) is 5.91 Å². The van der Waals surface area contributed by atoms with Crippen LogP contribution in [-0.2, 0) is 14.3 Å². The highest BCUT2D eigenvalue weighted by Crippen LogP contribution is 2.24. The number of hydrogen-bond acceptors (Lipinski definition) is 5. The average Bonchev–Trinajstić information content (AvgIpc) is 2.72. The Morgan fingerprint density at radius 2 is 1.86 bits per heavy atom. The van der Waals surface area contributed by atoms with Crippen LogP contribution in [0.3, 0.4) is 0 Å². The number of esters is 1. The molecule has 2 aromatic carbocycles. The summed E-state index contributed by atoms with van der Waals surface area (Å²) in [6, 6.07) is 12.1. The standard InChI is InChI=1S/C21H21FN2O4S/c1-3-12-23-20(26)14(2)28-21(27)17-6-4-5-7-18(17)29-13-19(25)24-16-10-8-15(22)9-11-16/h3-11,14H,1,12-13H2,2H3,(H,23,26)(H,24,25)/t14-/m1/s1. The minimum Gasteiger partial charge on any atom is -0.449 e. The van der Waals surface area contributed by atoms with Crippen LogP contribution in [0.15, 0.2) is 66.1 Å². The van der Waals surface area contributed by atoms with Crippen molar-refractivity contribution in [1.82, 2.24) is 5.32 Å². The highest BCUT2D eigenvalue weighted by molar-refractivity contribution is 8.00. The summed E-state index contributed by atoms with van der Waals surface area (Å²) in [5.41, 5.74) is 0.736. The van der Waals surface area contributed by atoms with Gasteiger partial charge in [0.05, 0.1) is 11.3 Å². The first-order chi connectivity index (χ1) is 13.9. The lowest BCUT2D eigenvalue weighted by Gasteiger charge is -2.14. The second kappa shape index (κ2) is 11.0. The third-order valence-electron chi connectivity index (χ3n) is 3.67. The van der Waals surface area contributed by atoms with E-state index in [1.165, 1.54) is 37.3 Å². The quantitative estimate of drug-likeness (QED) is 0.372. The summed E-state index contributed by atoms with van der Waals surface area (Å²) in [5, 5.41) is 5.21. The molecule has 0 radical (unpaired) electrons. The van der Waals surface area contributed by atoms with Crippen LogP contribution in [0.5, 0.6) is 0 Å². The Morgan fingerprint density at radius 1 is 1.17 bits per heavy atom. The maximum absolute atomic E-state index is 12.9. The van der Waals surface area contributed by atoms with Gasteiger partial charge < -0.3 is 15.4 Å². The number of benzene rings is 2. The molecule has 0 fully saturated rings. The number of amides is 2. The van der Waals surface area contributed by atoms with Gasteiger partial charge in [-0.05, 0) is 43.3 Å². The molecule has 2 N–H and O–H groups in total. The Bertz CT molecular complexity index is 887. The Hall–Kier alpha value is -3.13. The van der Waals surface area contributed by atoms with Crippen molar-refractivity contribution in [1.29, 1.82) is 0 Å². The number of hydrogen-bond donors (Lipinski definition) is 2. The number of nitrogens with one attached hydrogen (secondary N) is 2. The smallest absolute Gasteiger partial charge is 0.340 e. The normalized spacial score (nSPS) is 11.2. The minimum absolute atomic E-state index is 0.0387. The van der Waals surface area contributed by atoms with Crippen molar-refractivity contribution in [2.75, 3.05) is 17.6 Å². The maximum Gasteiger partial charge on any atom is 0.340 e. The molecule has 2 rings (SSSR count). The van der Waals surface area contributed by atoms with E-state index in [1.54, 1.807) is 24.3 Å². The van der Waals surface area contributed by atoms with E-state index >= 15 is 0 Å². The third kappa shape index (κ3) is 7.08. The van der Waals surface area contributed by atoms with Crippen LogP contribution in [0.2, 0.25) is 0 Å². The summed E-state index contributed by atoms with van der Waals surface area (Å²) in [5.74, 6) is -1.74. The third-order valence-corrected chi connectivity index (χ3v) is 4.74. The highest BCUT2D eigenvalue weighted by Gasteiger charge is 2.20. The molecule has 1 atom stereocenters. The van der Waals surface area contributed by atoms with E-state index < -0.39 is 23.8 Å². The van der Waals surface area contributed by atoms with Gasteiger partial charge in [-0.3, -0.25) is 9.59 Å². The van der Waals surface area contributed by atoms with Gasteiger partial charge in [0.15, 0.2) is 6.10 Å². The average molecular weight is 416 g/mol. The van der Waals surface area contributed by atoms with Gasteiger partial charge >= 0.3 is 5.97 Å². The number of rotatable bonds is 9. The molecule has 0 aliphatic carbocycles. The van der Waals surface area contributed by atoms with Crippen molar-refractivity contribution in [2.24, 2.45) is 0 Å². The number of anilines is 1. The first-order valence-electron chi connectivity index (χ1n) is 8.77. The molecule has 2 aromatic rings. The van der Waals surface area contributed by atoms with Crippen LogP contribution in [0.4, 0.5) is 10.1 Å². The summed E-state index contributed by atoms with van der Waals surface area (Å²) in [6.45, 7) is 5.25. The van der Waals surface area contributed by atoms with Gasteiger partial charge in [-0.2, -0.15) is 0 Å². The molecule has 152 valence electrons. The second-order valence-corrected chi connectivity index (χ2v) is 6.94. The van der Waals surface area contributed by atoms with Gasteiger partial charge in [0.1, 0.15) is 5.82 Å². The number of thioether (sulfide) groups is 1. The van der Waals surface area contributed by atoms with E-state index in [-0.39, 0.29) is 23.8 Å². The molecule has 0 spiro atoms. The van der Waals surface area contributed by atoms with Crippen LogP contribution >= 0.6 is 11.8 Å². The largest absolute Gasteiger partial charge is 0.449 e. The SMILES string of the molecule is C=CCNC(=O)[C@@H](C)OC(=O)c1ccccc1SCC(=O)Nc1ccc(F)cc1. The summed E-state index contributed by atoms with van der Waals surface area (Å²) in [4.78, 5) is 37.0. The topological polar surface area (TPSA) is 84.5 Å². The van der Waals surface area contributed by atoms with Crippen LogP contribution in [0.25, 0.3) is 0 Å². The molecule has 29 heavy (non-hydrogen) atoms. The van der Waals surface area contributed by atoms with E-state index in [0.29, 0.717) is 10.6 Å². The van der Waals surface area contributed by atoms with Crippen molar-refractivity contribution in [3.8, 4) is 0 Å². The zero-order chi connectivity index (χ0) is 21.2. The van der Waals surface area contributed by atoms with Crippen LogP contribution < -0.4 is 10.6 Å². The van der Waals surface area contributed by atoms with Crippen LogP contribution in [0, 0.1) is 5.82 Å². The number of carbonyl (C=O) groups excluding carboxylic acids is 3. The molecule has 0 unspecified atom stereocenters. The fourth-order valence-corrected chi connectivity index (χ4v) is 3.07. The van der Waals surface area contributed by atoms with Gasteiger partial charge in [-0.25, -0.2) is 9.18 Å². The molecule has 0 heterocycles. The van der Waals surface area contributed by atoms with Crippen molar-refractivity contribution >= 4 is 35.2 Å². The first kappa shape index (κ1) is 22.2. The van der Waals surface area contributed by atoms with E-state index in [1.807, 2.05) is 0 Å². The van der Waals surface area contributed by atoms with E-state index in [2.05, 4.69) is 17.2 Å². The molecule has 6 nitrogen and oxygen atoms in total. The summed E-state index contributed by atoms with van der Waals surface area (Å²) < 4.78 is 18.1. The lowest BCUT2D eigenvalue weighted by Crippen LogP contribution is -2.35. The Balaban J connectivity index is 1.96.